The number of hydrogen-bond acceptors (Lipinski definition) is 4. The molecule has 1 amide bonds. The third kappa shape index (κ3) is 5.63. The van der Waals surface area contributed by atoms with Crippen molar-refractivity contribution in [3.05, 3.63) is 113 Å². The van der Waals surface area contributed by atoms with Gasteiger partial charge in [0.25, 0.3) is 0 Å². The average molecular weight is 513 g/mol. The van der Waals surface area contributed by atoms with Gasteiger partial charge in [-0.15, -0.1) is 0 Å². The molecule has 0 radical (unpaired) electrons. The number of nitrogens with one attached hydrogen (secondary N) is 2. The second-order valence-electron chi connectivity index (χ2n) is 9.39. The summed E-state index contributed by atoms with van der Waals surface area (Å²) in [4.78, 5) is 24.5. The summed E-state index contributed by atoms with van der Waals surface area (Å²) in [5.41, 5.74) is 3.41. The number of carbonyl (C=O) groups excluding carboxylic acids is 2. The molecule has 0 heterocycles. The van der Waals surface area contributed by atoms with Gasteiger partial charge in [0, 0.05) is 12.0 Å². The average Bonchev–Trinajstić information content (AvgIpc) is 2.92. The maximum absolute atomic E-state index is 13.4. The SMILES string of the molecule is O=Cc1ccc2c(c1)CCCC2NC(=O)CC(NS(=O)(=O)c1ccc2ccccc2c1)c1ccccc1. The first-order valence-corrected chi connectivity index (χ1v) is 13.8. The van der Waals surface area contributed by atoms with Crippen LogP contribution in [0.3, 0.4) is 0 Å². The van der Waals surface area contributed by atoms with Gasteiger partial charge in [0.15, 0.2) is 0 Å². The van der Waals surface area contributed by atoms with Crippen molar-refractivity contribution in [3.63, 3.8) is 0 Å². The van der Waals surface area contributed by atoms with E-state index in [-0.39, 0.29) is 23.3 Å². The Hall–Kier alpha value is -3.81. The molecule has 4 aromatic carbocycles. The number of aldehydes is 1. The summed E-state index contributed by atoms with van der Waals surface area (Å²) in [6.07, 6.45) is 3.33. The van der Waals surface area contributed by atoms with E-state index in [0.29, 0.717) is 11.1 Å². The number of fused-ring (bicyclic) bond motifs is 2. The summed E-state index contributed by atoms with van der Waals surface area (Å²) in [5, 5.41) is 4.88. The van der Waals surface area contributed by atoms with Crippen molar-refractivity contribution in [1.82, 2.24) is 10.0 Å². The molecule has 4 aromatic rings. The number of aryl methyl sites for hydroxylation is 1. The molecule has 188 valence electrons. The van der Waals surface area contributed by atoms with Gasteiger partial charge in [-0.25, -0.2) is 13.1 Å². The standard InChI is InChI=1S/C30H28N2O4S/c33-20-21-13-16-27-25(17-21)11-6-12-28(27)31-30(34)19-29(23-8-2-1-3-9-23)32-37(35,36)26-15-14-22-7-4-5-10-24(22)18-26/h1-5,7-10,13-18,20,28-29,32H,6,11-12,19H2,(H,31,34). The van der Waals surface area contributed by atoms with Gasteiger partial charge < -0.3 is 5.32 Å². The third-order valence-corrected chi connectivity index (χ3v) is 8.34. The lowest BCUT2D eigenvalue weighted by atomic mass is 9.86. The van der Waals surface area contributed by atoms with Crippen LogP contribution in [-0.2, 0) is 21.2 Å². The van der Waals surface area contributed by atoms with E-state index in [9.17, 15) is 18.0 Å². The molecule has 0 bridgehead atoms. The first-order chi connectivity index (χ1) is 17.9. The Bertz CT molecular complexity index is 1550. The third-order valence-electron chi connectivity index (χ3n) is 6.87. The molecule has 37 heavy (non-hydrogen) atoms. The topological polar surface area (TPSA) is 92.3 Å². The highest BCUT2D eigenvalue weighted by molar-refractivity contribution is 7.89. The second-order valence-corrected chi connectivity index (χ2v) is 11.1. The van der Waals surface area contributed by atoms with Crippen molar-refractivity contribution >= 4 is 33.0 Å². The van der Waals surface area contributed by atoms with Gasteiger partial charge in [-0.3, -0.25) is 9.59 Å². The Morgan fingerprint density at radius 1 is 0.919 bits per heavy atom. The largest absolute Gasteiger partial charge is 0.349 e. The number of carbonyl (C=O) groups is 2. The van der Waals surface area contributed by atoms with Crippen LogP contribution < -0.4 is 10.0 Å². The Morgan fingerprint density at radius 2 is 1.68 bits per heavy atom. The smallest absolute Gasteiger partial charge is 0.241 e. The van der Waals surface area contributed by atoms with E-state index in [0.717, 1.165) is 47.4 Å². The molecule has 2 unspecified atom stereocenters. The summed E-state index contributed by atoms with van der Waals surface area (Å²) in [6.45, 7) is 0. The van der Waals surface area contributed by atoms with Gasteiger partial charge in [-0.2, -0.15) is 0 Å². The zero-order chi connectivity index (χ0) is 25.8. The Morgan fingerprint density at radius 3 is 2.46 bits per heavy atom. The van der Waals surface area contributed by atoms with Crippen LogP contribution in [0.5, 0.6) is 0 Å². The minimum atomic E-state index is -3.90. The van der Waals surface area contributed by atoms with E-state index < -0.39 is 16.1 Å². The van der Waals surface area contributed by atoms with Crippen LogP contribution in [0.1, 0.15) is 58.4 Å². The first kappa shape index (κ1) is 24.9. The minimum absolute atomic E-state index is 0.0465. The molecule has 6 nitrogen and oxygen atoms in total. The van der Waals surface area contributed by atoms with Gasteiger partial charge >= 0.3 is 0 Å². The predicted molar refractivity (Wildman–Crippen MR) is 144 cm³/mol. The fourth-order valence-electron chi connectivity index (χ4n) is 5.00. The highest BCUT2D eigenvalue weighted by Gasteiger charge is 2.27. The zero-order valence-corrected chi connectivity index (χ0v) is 21.1. The number of benzene rings is 4. The van der Waals surface area contributed by atoms with Crippen molar-refractivity contribution in [2.24, 2.45) is 0 Å². The summed E-state index contributed by atoms with van der Waals surface area (Å²) >= 11 is 0. The summed E-state index contributed by atoms with van der Waals surface area (Å²) in [6, 6.07) is 26.4. The lowest BCUT2D eigenvalue weighted by molar-refractivity contribution is -0.122. The molecular formula is C30H28N2O4S. The highest BCUT2D eigenvalue weighted by Crippen LogP contribution is 2.31. The number of sulfonamides is 1. The molecule has 0 aliphatic heterocycles. The first-order valence-electron chi connectivity index (χ1n) is 12.4. The summed E-state index contributed by atoms with van der Waals surface area (Å²) in [5.74, 6) is -0.243. The van der Waals surface area contributed by atoms with Crippen LogP contribution in [0.4, 0.5) is 0 Å². The van der Waals surface area contributed by atoms with Gasteiger partial charge in [-0.05, 0) is 64.9 Å². The molecule has 1 aliphatic carbocycles. The molecule has 0 spiro atoms. The van der Waals surface area contributed by atoms with Crippen LogP contribution in [0.25, 0.3) is 10.8 Å². The minimum Gasteiger partial charge on any atom is -0.349 e. The number of amides is 1. The summed E-state index contributed by atoms with van der Waals surface area (Å²) < 4.78 is 29.5. The lowest BCUT2D eigenvalue weighted by Crippen LogP contribution is -2.36. The van der Waals surface area contributed by atoms with Crippen molar-refractivity contribution < 1.29 is 18.0 Å². The Balaban J connectivity index is 1.37. The summed E-state index contributed by atoms with van der Waals surface area (Å²) in [7, 11) is -3.90. The van der Waals surface area contributed by atoms with E-state index in [1.54, 1.807) is 24.3 Å². The Kier molecular flexibility index (Phi) is 7.17. The van der Waals surface area contributed by atoms with Gasteiger partial charge in [0.05, 0.1) is 17.0 Å². The Labute approximate surface area is 216 Å². The van der Waals surface area contributed by atoms with E-state index in [1.165, 1.54) is 0 Å². The number of hydrogen-bond donors (Lipinski definition) is 2. The maximum Gasteiger partial charge on any atom is 0.241 e. The van der Waals surface area contributed by atoms with Gasteiger partial charge in [-0.1, -0.05) is 72.8 Å². The van der Waals surface area contributed by atoms with Crippen molar-refractivity contribution in [1.29, 1.82) is 0 Å². The normalized spacial score (nSPS) is 16.1. The molecule has 2 N–H and O–H groups in total. The van der Waals surface area contributed by atoms with Crippen LogP contribution in [0.15, 0.2) is 95.9 Å². The van der Waals surface area contributed by atoms with Gasteiger partial charge in [0.1, 0.15) is 6.29 Å². The second kappa shape index (κ2) is 10.7. The molecule has 0 aromatic heterocycles. The van der Waals surface area contributed by atoms with Gasteiger partial charge in [0.2, 0.25) is 15.9 Å². The van der Waals surface area contributed by atoms with E-state index in [4.69, 9.17) is 0 Å². The van der Waals surface area contributed by atoms with Crippen LogP contribution >= 0.6 is 0 Å². The predicted octanol–water partition coefficient (Wildman–Crippen LogP) is 5.26. The van der Waals surface area contributed by atoms with Crippen molar-refractivity contribution in [3.8, 4) is 0 Å². The molecule has 2 atom stereocenters. The van der Waals surface area contributed by atoms with E-state index >= 15 is 0 Å². The molecule has 5 rings (SSSR count). The van der Waals surface area contributed by atoms with Crippen LogP contribution in [0.2, 0.25) is 0 Å². The van der Waals surface area contributed by atoms with Crippen LogP contribution in [0, 0.1) is 0 Å². The molecule has 0 saturated carbocycles. The highest BCUT2D eigenvalue weighted by atomic mass is 32.2. The fourth-order valence-corrected chi connectivity index (χ4v) is 6.26. The quantitative estimate of drug-likeness (QED) is 0.315. The fraction of sp³-hybridized carbons (Fsp3) is 0.200. The molecule has 0 fully saturated rings. The van der Waals surface area contributed by atoms with Crippen molar-refractivity contribution in [2.45, 2.75) is 42.7 Å². The number of rotatable bonds is 8. The maximum atomic E-state index is 13.4. The van der Waals surface area contributed by atoms with Crippen LogP contribution in [-0.4, -0.2) is 20.6 Å². The monoisotopic (exact) mass is 512 g/mol. The molecular weight excluding hydrogens is 484 g/mol. The lowest BCUT2D eigenvalue weighted by Gasteiger charge is -2.27. The molecule has 0 saturated heterocycles. The molecule has 7 heteroatoms. The van der Waals surface area contributed by atoms with E-state index in [1.807, 2.05) is 66.7 Å². The zero-order valence-electron chi connectivity index (χ0n) is 20.3. The van der Waals surface area contributed by atoms with Crippen molar-refractivity contribution in [2.75, 3.05) is 0 Å². The molecule has 1 aliphatic rings. The van der Waals surface area contributed by atoms with E-state index in [2.05, 4.69) is 10.0 Å².